The third-order valence-electron chi connectivity index (χ3n) is 4.97. The van der Waals surface area contributed by atoms with Gasteiger partial charge in [-0.2, -0.15) is 0 Å². The highest BCUT2D eigenvalue weighted by Gasteiger charge is 2.28. The first-order valence-corrected chi connectivity index (χ1v) is 10.5. The van der Waals surface area contributed by atoms with Gasteiger partial charge in [0.25, 0.3) is 0 Å². The van der Waals surface area contributed by atoms with Crippen LogP contribution < -0.4 is 0 Å². The highest BCUT2D eigenvalue weighted by molar-refractivity contribution is 7.99. The van der Waals surface area contributed by atoms with Crippen LogP contribution in [0.2, 0.25) is 0 Å². The van der Waals surface area contributed by atoms with Crippen molar-refractivity contribution in [2.24, 2.45) is 0 Å². The molecular formula is C20H29NO3S. The molecule has 3 rings (SSSR count). The number of carbonyl (C=O) groups is 1. The predicted octanol–water partition coefficient (Wildman–Crippen LogP) is 3.50. The Hall–Kier alpha value is -1.04. The van der Waals surface area contributed by atoms with Crippen LogP contribution in [0.5, 0.6) is 0 Å². The molecular weight excluding hydrogens is 334 g/mol. The lowest BCUT2D eigenvalue weighted by atomic mass is 9.97. The number of carbonyl (C=O) groups excluding carboxylic acids is 1. The zero-order chi connectivity index (χ0) is 17.3. The van der Waals surface area contributed by atoms with Crippen LogP contribution >= 0.6 is 11.8 Å². The van der Waals surface area contributed by atoms with Gasteiger partial charge in [0.1, 0.15) is 6.10 Å². The van der Waals surface area contributed by atoms with E-state index in [9.17, 15) is 4.79 Å². The third-order valence-corrected chi connectivity index (χ3v) is 6.43. The molecule has 2 aliphatic rings. The topological polar surface area (TPSA) is 38.8 Å². The normalized spacial score (nSPS) is 24.8. The molecule has 138 valence electrons. The number of rotatable bonds is 7. The molecule has 1 saturated carbocycles. The number of nitrogens with zero attached hydrogens (tertiary/aromatic N) is 1. The first-order valence-electron chi connectivity index (χ1n) is 9.46. The standard InChI is InChI=1S/C20H29NO3S/c22-20(10-11-21-12-14-23-15-13-21)24-18-8-4-5-9-19(18)25-16-17-6-2-1-3-7-17/h1-3,6-7,18-19H,4-5,8-16H2/t18-,19-/m0/s1. The summed E-state index contributed by atoms with van der Waals surface area (Å²) in [6.07, 6.45) is 5.15. The predicted molar refractivity (Wildman–Crippen MR) is 102 cm³/mol. The van der Waals surface area contributed by atoms with Crippen LogP contribution in [-0.2, 0) is 20.0 Å². The zero-order valence-electron chi connectivity index (χ0n) is 14.9. The van der Waals surface area contributed by atoms with E-state index in [-0.39, 0.29) is 12.1 Å². The van der Waals surface area contributed by atoms with Crippen LogP contribution in [-0.4, -0.2) is 55.1 Å². The molecule has 0 aromatic heterocycles. The molecule has 2 atom stereocenters. The number of hydrogen-bond acceptors (Lipinski definition) is 5. The van der Waals surface area contributed by atoms with E-state index in [0.717, 1.165) is 51.4 Å². The molecule has 1 aliphatic carbocycles. The molecule has 0 N–H and O–H groups in total. The van der Waals surface area contributed by atoms with Gasteiger partial charge in [-0.05, 0) is 24.8 Å². The van der Waals surface area contributed by atoms with Gasteiger partial charge in [0.05, 0.1) is 19.6 Å². The highest BCUT2D eigenvalue weighted by Crippen LogP contribution is 2.33. The molecule has 0 bridgehead atoms. The second kappa shape index (κ2) is 10.2. The molecule has 0 spiro atoms. The van der Waals surface area contributed by atoms with Crippen molar-refractivity contribution in [1.29, 1.82) is 0 Å². The minimum absolute atomic E-state index is 0.0382. The fraction of sp³-hybridized carbons (Fsp3) is 0.650. The Morgan fingerprint density at radius 1 is 1.16 bits per heavy atom. The average Bonchev–Trinajstić information content (AvgIpc) is 2.67. The Bertz CT molecular complexity index is 519. The number of ether oxygens (including phenoxy) is 2. The van der Waals surface area contributed by atoms with Gasteiger partial charge in [0.2, 0.25) is 0 Å². The van der Waals surface area contributed by atoms with Gasteiger partial charge >= 0.3 is 5.97 Å². The van der Waals surface area contributed by atoms with Crippen LogP contribution in [0, 0.1) is 0 Å². The van der Waals surface area contributed by atoms with Gasteiger partial charge in [0, 0.05) is 30.6 Å². The molecule has 1 aliphatic heterocycles. The third kappa shape index (κ3) is 6.32. The van der Waals surface area contributed by atoms with Gasteiger partial charge in [-0.25, -0.2) is 0 Å². The van der Waals surface area contributed by atoms with E-state index in [1.807, 2.05) is 17.8 Å². The maximum Gasteiger partial charge on any atom is 0.307 e. The minimum Gasteiger partial charge on any atom is -0.461 e. The molecule has 0 amide bonds. The zero-order valence-corrected chi connectivity index (χ0v) is 15.7. The SMILES string of the molecule is O=C(CCN1CCOCC1)O[C@H]1CCCC[C@@H]1SCc1ccccc1. The summed E-state index contributed by atoms with van der Waals surface area (Å²) < 4.78 is 11.2. The molecule has 25 heavy (non-hydrogen) atoms. The molecule has 1 heterocycles. The second-order valence-corrected chi connectivity index (χ2v) is 8.08. The Labute approximate surface area is 155 Å². The fourth-order valence-electron chi connectivity index (χ4n) is 3.47. The molecule has 4 nitrogen and oxygen atoms in total. The molecule has 1 saturated heterocycles. The molecule has 5 heteroatoms. The molecule has 0 radical (unpaired) electrons. The van der Waals surface area contributed by atoms with Crippen LogP contribution in [0.15, 0.2) is 30.3 Å². The monoisotopic (exact) mass is 363 g/mol. The van der Waals surface area contributed by atoms with Gasteiger partial charge in [0.15, 0.2) is 0 Å². The van der Waals surface area contributed by atoms with Crippen LogP contribution in [0.3, 0.4) is 0 Å². The smallest absolute Gasteiger partial charge is 0.307 e. The molecule has 1 aromatic rings. The Morgan fingerprint density at radius 3 is 2.72 bits per heavy atom. The first-order chi connectivity index (χ1) is 12.3. The summed E-state index contributed by atoms with van der Waals surface area (Å²) in [6, 6.07) is 10.5. The maximum atomic E-state index is 12.3. The van der Waals surface area contributed by atoms with Gasteiger partial charge in [-0.15, -0.1) is 11.8 Å². The second-order valence-electron chi connectivity index (χ2n) is 6.85. The largest absolute Gasteiger partial charge is 0.461 e. The van der Waals surface area contributed by atoms with Crippen LogP contribution in [0.1, 0.15) is 37.7 Å². The lowest BCUT2D eigenvalue weighted by Gasteiger charge is -2.31. The van der Waals surface area contributed by atoms with E-state index in [4.69, 9.17) is 9.47 Å². The summed E-state index contributed by atoms with van der Waals surface area (Å²) in [5, 5.41) is 0.432. The van der Waals surface area contributed by atoms with Crippen molar-refractivity contribution in [2.45, 2.75) is 49.2 Å². The van der Waals surface area contributed by atoms with E-state index < -0.39 is 0 Å². The van der Waals surface area contributed by atoms with E-state index in [1.165, 1.54) is 18.4 Å². The van der Waals surface area contributed by atoms with E-state index in [0.29, 0.717) is 11.7 Å². The summed E-state index contributed by atoms with van der Waals surface area (Å²) in [6.45, 7) is 4.18. The van der Waals surface area contributed by atoms with Crippen LogP contribution in [0.25, 0.3) is 0 Å². The van der Waals surface area contributed by atoms with Crippen molar-refractivity contribution in [3.05, 3.63) is 35.9 Å². The number of benzene rings is 1. The summed E-state index contributed by atoms with van der Waals surface area (Å²) in [7, 11) is 0. The Morgan fingerprint density at radius 2 is 1.92 bits per heavy atom. The lowest BCUT2D eigenvalue weighted by molar-refractivity contribution is -0.150. The molecule has 2 fully saturated rings. The van der Waals surface area contributed by atoms with Crippen molar-refractivity contribution >= 4 is 17.7 Å². The summed E-state index contributed by atoms with van der Waals surface area (Å²) in [5.74, 6) is 0.955. The minimum atomic E-state index is -0.0382. The quantitative estimate of drug-likeness (QED) is 0.693. The fourth-order valence-corrected chi connectivity index (χ4v) is 4.81. The molecule has 0 unspecified atom stereocenters. The summed E-state index contributed by atoms with van der Waals surface area (Å²) in [5.41, 5.74) is 1.34. The van der Waals surface area contributed by atoms with Crippen molar-refractivity contribution in [2.75, 3.05) is 32.8 Å². The van der Waals surface area contributed by atoms with Crippen molar-refractivity contribution in [3.8, 4) is 0 Å². The van der Waals surface area contributed by atoms with Gasteiger partial charge in [-0.1, -0.05) is 36.8 Å². The first kappa shape index (κ1) is 18.7. The van der Waals surface area contributed by atoms with Gasteiger partial charge in [-0.3, -0.25) is 9.69 Å². The van der Waals surface area contributed by atoms with E-state index in [2.05, 4.69) is 29.2 Å². The van der Waals surface area contributed by atoms with Gasteiger partial charge < -0.3 is 9.47 Å². The average molecular weight is 364 g/mol. The van der Waals surface area contributed by atoms with Crippen molar-refractivity contribution in [1.82, 2.24) is 4.90 Å². The van der Waals surface area contributed by atoms with Crippen molar-refractivity contribution in [3.63, 3.8) is 0 Å². The summed E-state index contributed by atoms with van der Waals surface area (Å²) >= 11 is 1.94. The highest BCUT2D eigenvalue weighted by atomic mass is 32.2. The number of morpholine rings is 1. The molecule has 1 aromatic carbocycles. The van der Waals surface area contributed by atoms with E-state index in [1.54, 1.807) is 0 Å². The van der Waals surface area contributed by atoms with Crippen molar-refractivity contribution < 1.29 is 14.3 Å². The number of thioether (sulfide) groups is 1. The number of hydrogen-bond donors (Lipinski definition) is 0. The maximum absolute atomic E-state index is 12.3. The summed E-state index contributed by atoms with van der Waals surface area (Å²) in [4.78, 5) is 14.6. The Balaban J connectivity index is 1.42. The number of esters is 1. The lowest BCUT2D eigenvalue weighted by Crippen LogP contribution is -2.38. The van der Waals surface area contributed by atoms with E-state index >= 15 is 0 Å². The Kier molecular flexibility index (Phi) is 7.64. The van der Waals surface area contributed by atoms with Crippen LogP contribution in [0.4, 0.5) is 0 Å².